The second kappa shape index (κ2) is 4.94. The van der Waals surface area contributed by atoms with Gasteiger partial charge in [-0.1, -0.05) is 25.5 Å². The van der Waals surface area contributed by atoms with Crippen LogP contribution in [0.1, 0.15) is 58.8 Å². The molecule has 4 saturated carbocycles. The van der Waals surface area contributed by atoms with E-state index in [0.29, 0.717) is 24.2 Å². The minimum absolute atomic E-state index is 0.0413. The van der Waals surface area contributed by atoms with Crippen LogP contribution in [0.2, 0.25) is 0 Å². The van der Waals surface area contributed by atoms with Crippen molar-refractivity contribution in [1.82, 2.24) is 0 Å². The Morgan fingerprint density at radius 1 is 1.23 bits per heavy atom. The predicted molar refractivity (Wildman–Crippen MR) is 103 cm³/mol. The van der Waals surface area contributed by atoms with Crippen LogP contribution in [0.5, 0.6) is 0 Å². The van der Waals surface area contributed by atoms with Crippen LogP contribution < -0.4 is 0 Å². The summed E-state index contributed by atoms with van der Waals surface area (Å²) >= 11 is 4.10. The van der Waals surface area contributed by atoms with E-state index in [1.54, 1.807) is 6.08 Å². The molecule has 4 fully saturated rings. The summed E-state index contributed by atoms with van der Waals surface area (Å²) < 4.78 is 0. The minimum Gasteiger partial charge on any atom is -0.381 e. The zero-order valence-electron chi connectivity index (χ0n) is 15.6. The fraction of sp³-hybridized carbons (Fsp3) is 0.727. The molecule has 6 atom stereocenters. The van der Waals surface area contributed by atoms with E-state index < -0.39 is 5.60 Å². The second-order valence-corrected chi connectivity index (χ2v) is 10.5. The van der Waals surface area contributed by atoms with Crippen molar-refractivity contribution in [3.63, 3.8) is 0 Å². The number of aliphatic hydroxyl groups is 1. The van der Waals surface area contributed by atoms with Gasteiger partial charge in [0.15, 0.2) is 5.78 Å². The molecule has 0 aromatic heterocycles. The van der Waals surface area contributed by atoms with E-state index in [4.69, 9.17) is 0 Å². The van der Waals surface area contributed by atoms with Crippen molar-refractivity contribution in [2.45, 2.75) is 64.4 Å². The molecule has 5 aliphatic carbocycles. The van der Waals surface area contributed by atoms with Gasteiger partial charge in [0.1, 0.15) is 5.60 Å². The van der Waals surface area contributed by atoms with Gasteiger partial charge in [-0.3, -0.25) is 9.59 Å². The lowest BCUT2D eigenvalue weighted by molar-refractivity contribution is -0.162. The van der Waals surface area contributed by atoms with Crippen molar-refractivity contribution in [2.75, 3.05) is 0 Å². The maximum Gasteiger partial charge on any atom is 0.218 e. The largest absolute Gasteiger partial charge is 0.381 e. The molecule has 0 amide bonds. The standard InChI is InChI=1S/C22H28O3S/c1-19-7-5-14(23)11-13(19)3-4-15-16-6-8-22(25,18(24)26)20(16,2)12-21(9-10-21)17(15)19/h5,7,11,15-17,25H,3-4,6,8-10,12H2,1-2H3,(H,24,26)/t15?,16?,17?,19?,20?,22-/m0/s1. The van der Waals surface area contributed by atoms with Crippen molar-refractivity contribution in [3.8, 4) is 0 Å². The van der Waals surface area contributed by atoms with Crippen LogP contribution in [0.15, 0.2) is 23.8 Å². The molecule has 26 heavy (non-hydrogen) atoms. The smallest absolute Gasteiger partial charge is 0.218 e. The Bertz CT molecular complexity index is 778. The molecule has 5 rings (SSSR count). The Balaban J connectivity index is 1.62. The fourth-order valence-corrected chi connectivity index (χ4v) is 8.29. The SMILES string of the molecule is CC12C=CC(=O)C=C1CCC1C2C2(CC2)CC2(C)C1CC[C@]2(O)C(=O)S. The van der Waals surface area contributed by atoms with E-state index in [9.17, 15) is 14.7 Å². The van der Waals surface area contributed by atoms with Crippen LogP contribution in [-0.2, 0) is 9.59 Å². The van der Waals surface area contributed by atoms with Crippen LogP contribution >= 0.6 is 12.6 Å². The predicted octanol–water partition coefficient (Wildman–Crippen LogP) is 3.87. The lowest BCUT2D eigenvalue weighted by Gasteiger charge is -2.61. The van der Waals surface area contributed by atoms with Gasteiger partial charge in [0.25, 0.3) is 0 Å². The number of allylic oxidation sites excluding steroid dienone is 4. The number of hydrogen-bond donors (Lipinski definition) is 2. The average molecular weight is 373 g/mol. The third kappa shape index (κ3) is 1.86. The summed E-state index contributed by atoms with van der Waals surface area (Å²) in [6.07, 6.45) is 12.6. The lowest BCUT2D eigenvalue weighted by atomic mass is 9.43. The molecule has 5 aliphatic rings. The van der Waals surface area contributed by atoms with Crippen molar-refractivity contribution in [2.24, 2.45) is 34.0 Å². The highest BCUT2D eigenvalue weighted by Crippen LogP contribution is 2.77. The molecule has 0 aliphatic heterocycles. The zero-order chi connectivity index (χ0) is 18.5. The molecule has 1 spiro atoms. The number of fused-ring (bicyclic) bond motifs is 6. The molecular weight excluding hydrogens is 344 g/mol. The second-order valence-electron chi connectivity index (χ2n) is 10.1. The first-order valence-corrected chi connectivity index (χ1v) is 10.5. The van der Waals surface area contributed by atoms with E-state index >= 15 is 0 Å². The van der Waals surface area contributed by atoms with Crippen LogP contribution in [-0.4, -0.2) is 21.6 Å². The monoisotopic (exact) mass is 372 g/mol. The highest BCUT2D eigenvalue weighted by Gasteiger charge is 2.73. The van der Waals surface area contributed by atoms with Gasteiger partial charge in [-0.15, -0.1) is 12.6 Å². The maximum atomic E-state index is 12.3. The molecule has 3 nitrogen and oxygen atoms in total. The van der Waals surface area contributed by atoms with Gasteiger partial charge in [-0.2, -0.15) is 0 Å². The Hall–Kier alpha value is -0.870. The summed E-state index contributed by atoms with van der Waals surface area (Å²) in [5.41, 5.74) is -0.178. The van der Waals surface area contributed by atoms with Gasteiger partial charge in [0, 0.05) is 10.8 Å². The molecule has 0 heterocycles. The first-order valence-electron chi connectivity index (χ1n) is 10.1. The van der Waals surface area contributed by atoms with E-state index in [2.05, 4.69) is 32.6 Å². The number of thiol groups is 1. The zero-order valence-corrected chi connectivity index (χ0v) is 16.5. The molecule has 0 radical (unpaired) electrons. The normalized spacial score (nSPS) is 50.7. The number of ketones is 1. The Morgan fingerprint density at radius 2 is 1.96 bits per heavy atom. The number of hydrogen-bond acceptors (Lipinski definition) is 3. The van der Waals surface area contributed by atoms with Gasteiger partial charge >= 0.3 is 0 Å². The van der Waals surface area contributed by atoms with E-state index in [1.807, 2.05) is 6.08 Å². The highest BCUT2D eigenvalue weighted by atomic mass is 32.1. The van der Waals surface area contributed by atoms with Crippen molar-refractivity contribution in [3.05, 3.63) is 23.8 Å². The Labute approximate surface area is 160 Å². The molecule has 1 N–H and O–H groups in total. The molecule has 0 saturated heterocycles. The van der Waals surface area contributed by atoms with E-state index in [0.717, 1.165) is 25.7 Å². The van der Waals surface area contributed by atoms with Crippen molar-refractivity contribution in [1.29, 1.82) is 0 Å². The van der Waals surface area contributed by atoms with E-state index in [-0.39, 0.29) is 27.1 Å². The lowest BCUT2D eigenvalue weighted by Crippen LogP contribution is -2.59. The van der Waals surface area contributed by atoms with Crippen LogP contribution in [0, 0.1) is 34.0 Å². The van der Waals surface area contributed by atoms with E-state index in [1.165, 1.54) is 18.4 Å². The summed E-state index contributed by atoms with van der Waals surface area (Å²) in [7, 11) is 0. The Morgan fingerprint density at radius 3 is 2.62 bits per heavy atom. The fourth-order valence-electron chi connectivity index (χ4n) is 7.92. The summed E-state index contributed by atoms with van der Waals surface area (Å²) in [6.45, 7) is 4.48. The quantitative estimate of drug-likeness (QED) is 0.687. The first-order chi connectivity index (χ1) is 12.2. The summed E-state index contributed by atoms with van der Waals surface area (Å²) in [6, 6.07) is 0. The van der Waals surface area contributed by atoms with Crippen molar-refractivity contribution >= 4 is 23.5 Å². The maximum absolute atomic E-state index is 12.3. The number of carbonyl (C=O) groups excluding carboxylic acids is 2. The Kier molecular flexibility index (Phi) is 3.27. The molecule has 4 heteroatoms. The molecular formula is C22H28O3S. The third-order valence-electron chi connectivity index (χ3n) is 9.15. The van der Waals surface area contributed by atoms with Gasteiger partial charge in [-0.25, -0.2) is 0 Å². The van der Waals surface area contributed by atoms with Crippen molar-refractivity contribution < 1.29 is 14.7 Å². The van der Waals surface area contributed by atoms with Gasteiger partial charge < -0.3 is 5.11 Å². The van der Waals surface area contributed by atoms with Crippen LogP contribution in [0.3, 0.4) is 0 Å². The topological polar surface area (TPSA) is 54.4 Å². The van der Waals surface area contributed by atoms with Gasteiger partial charge in [0.05, 0.1) is 0 Å². The van der Waals surface area contributed by atoms with Gasteiger partial charge in [-0.05, 0) is 80.3 Å². The molecule has 0 bridgehead atoms. The van der Waals surface area contributed by atoms with Gasteiger partial charge in [0.2, 0.25) is 5.12 Å². The molecule has 0 aromatic rings. The number of carbonyl (C=O) groups is 2. The first kappa shape index (κ1) is 17.2. The minimum atomic E-state index is -1.28. The summed E-state index contributed by atoms with van der Waals surface area (Å²) in [5.74, 6) is 1.52. The highest BCUT2D eigenvalue weighted by molar-refractivity contribution is 7.96. The molecule has 0 aromatic carbocycles. The van der Waals surface area contributed by atoms with Crippen LogP contribution in [0.4, 0.5) is 0 Å². The third-order valence-corrected chi connectivity index (χ3v) is 9.52. The number of rotatable bonds is 1. The average Bonchev–Trinajstić information content (AvgIpc) is 3.26. The van der Waals surface area contributed by atoms with Crippen LogP contribution in [0.25, 0.3) is 0 Å². The summed E-state index contributed by atoms with van der Waals surface area (Å²) in [4.78, 5) is 24.3. The molecule has 140 valence electrons. The summed E-state index contributed by atoms with van der Waals surface area (Å²) in [5, 5.41) is 11.0. The molecule has 5 unspecified atom stereocenters.